The number of nitrogens with zero attached hydrogens (tertiary/aromatic N) is 2. The number of ether oxygens (including phenoxy) is 2. The number of hydrogen-bond acceptors (Lipinski definition) is 6. The van der Waals surface area contributed by atoms with Gasteiger partial charge in [0.25, 0.3) is 0 Å². The number of fused-ring (bicyclic) bond motifs is 1. The minimum Gasteiger partial charge on any atom is -0.493 e. The first-order valence-electron chi connectivity index (χ1n) is 8.95. The van der Waals surface area contributed by atoms with Gasteiger partial charge in [-0.2, -0.15) is 0 Å². The standard InChI is InChI=1S/C19H17Cl2F3N2O3S/c1-3-6-18(27,10-9-25-7-5-13(10)28-4-2)17-26-12-8-11(20)15(29-19(22,23)24)14(21)16(12)30-17/h5,7-9,27H,3-4,6H2,1-2H3. The lowest BCUT2D eigenvalue weighted by Crippen LogP contribution is -2.28. The first kappa shape index (κ1) is 22.9. The number of rotatable bonds is 7. The van der Waals surface area contributed by atoms with Gasteiger partial charge >= 0.3 is 6.36 Å². The quantitative estimate of drug-likeness (QED) is 0.427. The number of benzene rings is 1. The summed E-state index contributed by atoms with van der Waals surface area (Å²) in [5.74, 6) is -0.267. The minimum atomic E-state index is -4.96. The molecule has 2 heterocycles. The number of hydrogen-bond donors (Lipinski definition) is 1. The molecule has 1 aromatic carbocycles. The molecule has 1 atom stereocenters. The van der Waals surface area contributed by atoms with Gasteiger partial charge in [0.15, 0.2) is 5.75 Å². The normalized spacial score (nSPS) is 14.0. The molecule has 1 N–H and O–H groups in total. The number of alkyl halides is 3. The van der Waals surface area contributed by atoms with Crippen LogP contribution in [0.25, 0.3) is 10.2 Å². The molecular formula is C19H17Cl2F3N2O3S. The summed E-state index contributed by atoms with van der Waals surface area (Å²) in [7, 11) is 0. The molecule has 0 bridgehead atoms. The van der Waals surface area contributed by atoms with E-state index in [2.05, 4.69) is 14.7 Å². The second kappa shape index (κ2) is 8.74. The van der Waals surface area contributed by atoms with E-state index in [4.69, 9.17) is 27.9 Å². The molecule has 0 amide bonds. The van der Waals surface area contributed by atoms with Gasteiger partial charge in [0.1, 0.15) is 21.4 Å². The van der Waals surface area contributed by atoms with E-state index in [-0.39, 0.29) is 31.7 Å². The molecule has 0 aliphatic carbocycles. The second-order valence-corrected chi connectivity index (χ2v) is 8.12. The van der Waals surface area contributed by atoms with E-state index < -0.39 is 17.7 Å². The summed E-state index contributed by atoms with van der Waals surface area (Å²) in [6.07, 6.45) is -1.07. The van der Waals surface area contributed by atoms with Crippen molar-refractivity contribution < 1.29 is 27.8 Å². The lowest BCUT2D eigenvalue weighted by Gasteiger charge is -2.27. The third-order valence-corrected chi connectivity index (χ3v) is 6.24. The zero-order valence-corrected chi connectivity index (χ0v) is 18.2. The Morgan fingerprint density at radius 1 is 1.23 bits per heavy atom. The highest BCUT2D eigenvalue weighted by molar-refractivity contribution is 7.19. The van der Waals surface area contributed by atoms with Crippen molar-refractivity contribution in [2.24, 2.45) is 0 Å². The van der Waals surface area contributed by atoms with Crippen molar-refractivity contribution in [3.63, 3.8) is 0 Å². The first-order chi connectivity index (χ1) is 14.1. The number of thiazole rings is 1. The van der Waals surface area contributed by atoms with Crippen LogP contribution in [-0.2, 0) is 5.60 Å². The molecule has 3 aromatic rings. The molecule has 0 spiro atoms. The van der Waals surface area contributed by atoms with Crippen molar-refractivity contribution in [2.45, 2.75) is 38.7 Å². The Morgan fingerprint density at radius 2 is 1.97 bits per heavy atom. The second-order valence-electron chi connectivity index (χ2n) is 6.33. The van der Waals surface area contributed by atoms with E-state index in [1.54, 1.807) is 6.07 Å². The molecule has 3 rings (SSSR count). The smallest absolute Gasteiger partial charge is 0.493 e. The maximum absolute atomic E-state index is 12.7. The topological polar surface area (TPSA) is 64.5 Å². The number of pyridine rings is 1. The SMILES string of the molecule is CCCC(O)(c1nc2cc(Cl)c(OC(F)(F)F)c(Cl)c2s1)c1cnccc1OCC. The Kier molecular flexibility index (Phi) is 6.66. The van der Waals surface area contributed by atoms with Crippen LogP contribution in [0, 0.1) is 0 Å². The van der Waals surface area contributed by atoms with E-state index in [1.807, 2.05) is 13.8 Å². The van der Waals surface area contributed by atoms with Crippen LogP contribution in [0.3, 0.4) is 0 Å². The van der Waals surface area contributed by atoms with Crippen molar-refractivity contribution >= 4 is 44.8 Å². The van der Waals surface area contributed by atoms with Gasteiger partial charge in [0.2, 0.25) is 0 Å². The molecule has 0 radical (unpaired) electrons. The summed E-state index contributed by atoms with van der Waals surface area (Å²) in [4.78, 5) is 8.51. The molecule has 0 aliphatic heterocycles. The Hall–Kier alpha value is -1.81. The van der Waals surface area contributed by atoms with E-state index >= 15 is 0 Å². The Labute approximate surface area is 184 Å². The maximum Gasteiger partial charge on any atom is 0.573 e. The fraction of sp³-hybridized carbons (Fsp3) is 0.368. The van der Waals surface area contributed by atoms with Gasteiger partial charge in [0, 0.05) is 12.4 Å². The zero-order chi connectivity index (χ0) is 22.1. The van der Waals surface area contributed by atoms with Gasteiger partial charge in [-0.25, -0.2) is 4.98 Å². The van der Waals surface area contributed by atoms with Crippen LogP contribution in [0.1, 0.15) is 37.3 Å². The van der Waals surface area contributed by atoms with Crippen LogP contribution >= 0.6 is 34.5 Å². The molecular weight excluding hydrogens is 464 g/mol. The molecule has 0 saturated carbocycles. The molecule has 0 saturated heterocycles. The lowest BCUT2D eigenvalue weighted by atomic mass is 9.90. The zero-order valence-electron chi connectivity index (χ0n) is 15.9. The molecule has 2 aromatic heterocycles. The molecule has 0 fully saturated rings. The van der Waals surface area contributed by atoms with Crippen molar-refractivity contribution in [1.29, 1.82) is 0 Å². The molecule has 5 nitrogen and oxygen atoms in total. The van der Waals surface area contributed by atoms with Gasteiger partial charge in [-0.15, -0.1) is 24.5 Å². The number of aliphatic hydroxyl groups is 1. The first-order valence-corrected chi connectivity index (χ1v) is 10.5. The highest BCUT2D eigenvalue weighted by Crippen LogP contribution is 2.47. The van der Waals surface area contributed by atoms with Crippen LogP contribution < -0.4 is 9.47 Å². The predicted molar refractivity (Wildman–Crippen MR) is 110 cm³/mol. The van der Waals surface area contributed by atoms with Gasteiger partial charge in [-0.05, 0) is 25.5 Å². The van der Waals surface area contributed by atoms with Crippen molar-refractivity contribution in [3.8, 4) is 11.5 Å². The van der Waals surface area contributed by atoms with Crippen molar-refractivity contribution in [1.82, 2.24) is 9.97 Å². The van der Waals surface area contributed by atoms with Crippen LogP contribution in [0.5, 0.6) is 11.5 Å². The highest BCUT2D eigenvalue weighted by atomic mass is 35.5. The largest absolute Gasteiger partial charge is 0.573 e. The van der Waals surface area contributed by atoms with E-state index in [9.17, 15) is 18.3 Å². The third-order valence-electron chi connectivity index (χ3n) is 4.24. The lowest BCUT2D eigenvalue weighted by molar-refractivity contribution is -0.274. The summed E-state index contributed by atoms with van der Waals surface area (Å²) >= 11 is 13.1. The average molecular weight is 481 g/mol. The van der Waals surface area contributed by atoms with E-state index in [0.29, 0.717) is 24.3 Å². The number of halogens is 5. The number of aromatic nitrogens is 2. The summed E-state index contributed by atoms with van der Waals surface area (Å²) in [5, 5.41) is 11.2. The highest BCUT2D eigenvalue weighted by Gasteiger charge is 2.39. The molecule has 30 heavy (non-hydrogen) atoms. The Morgan fingerprint density at radius 3 is 2.60 bits per heavy atom. The molecule has 0 aliphatic rings. The average Bonchev–Trinajstić information content (AvgIpc) is 3.10. The third kappa shape index (κ3) is 4.44. The van der Waals surface area contributed by atoms with Gasteiger partial charge in [-0.1, -0.05) is 36.5 Å². The Bertz CT molecular complexity index is 1060. The fourth-order valence-electron chi connectivity index (χ4n) is 3.06. The van der Waals surface area contributed by atoms with Crippen molar-refractivity contribution in [3.05, 3.63) is 45.1 Å². The van der Waals surface area contributed by atoms with Gasteiger partial charge in [0.05, 0.1) is 27.4 Å². The monoisotopic (exact) mass is 480 g/mol. The van der Waals surface area contributed by atoms with E-state index in [1.165, 1.54) is 18.5 Å². The molecule has 162 valence electrons. The molecule has 1 unspecified atom stereocenters. The summed E-state index contributed by atoms with van der Waals surface area (Å²) in [6, 6.07) is 2.86. The van der Waals surface area contributed by atoms with Crippen LogP contribution in [-0.4, -0.2) is 28.0 Å². The van der Waals surface area contributed by atoms with Gasteiger partial charge in [-0.3, -0.25) is 4.98 Å². The van der Waals surface area contributed by atoms with E-state index in [0.717, 1.165) is 11.3 Å². The van der Waals surface area contributed by atoms with Crippen LogP contribution in [0.4, 0.5) is 13.2 Å². The van der Waals surface area contributed by atoms with Gasteiger partial charge < -0.3 is 14.6 Å². The molecule has 11 heteroatoms. The summed E-state index contributed by atoms with van der Waals surface area (Å²) < 4.78 is 48.0. The summed E-state index contributed by atoms with van der Waals surface area (Å²) in [6.45, 7) is 4.07. The maximum atomic E-state index is 12.7. The van der Waals surface area contributed by atoms with Crippen molar-refractivity contribution in [2.75, 3.05) is 6.61 Å². The fourth-order valence-corrected chi connectivity index (χ4v) is 4.81. The van der Waals surface area contributed by atoms with Crippen LogP contribution in [0.2, 0.25) is 10.0 Å². The summed E-state index contributed by atoms with van der Waals surface area (Å²) in [5.41, 5.74) is -0.935. The van der Waals surface area contributed by atoms with Crippen LogP contribution in [0.15, 0.2) is 24.5 Å². The Balaban J connectivity index is 2.19. The predicted octanol–water partition coefficient (Wildman–Crippen LogP) is 6.33. The minimum absolute atomic E-state index is 0.215.